The van der Waals surface area contributed by atoms with Crippen LogP contribution in [0.4, 0.5) is 8.78 Å². The van der Waals surface area contributed by atoms with Gasteiger partial charge in [0.2, 0.25) is 0 Å². The summed E-state index contributed by atoms with van der Waals surface area (Å²) in [4.78, 5) is 16.4. The molecule has 0 spiro atoms. The number of hydrogen-bond acceptors (Lipinski definition) is 4. The number of carbonyl (C=O) groups excluding carboxylic acids is 1. The fraction of sp³-hybridized carbons (Fsp3) is 0.231. The van der Waals surface area contributed by atoms with Gasteiger partial charge >= 0.3 is 5.97 Å². The highest BCUT2D eigenvalue weighted by atomic mass is 79.9. The van der Waals surface area contributed by atoms with E-state index in [1.54, 1.807) is 19.2 Å². The van der Waals surface area contributed by atoms with Crippen molar-refractivity contribution in [1.29, 1.82) is 0 Å². The minimum atomic E-state index is -0.644. The van der Waals surface area contributed by atoms with E-state index in [-0.39, 0.29) is 12.2 Å². The van der Waals surface area contributed by atoms with Crippen molar-refractivity contribution in [2.75, 3.05) is 6.61 Å². The second-order valence-corrected chi connectivity index (χ2v) is 8.57. The molecule has 2 aromatic carbocycles. The second kappa shape index (κ2) is 10.3. The molecule has 170 valence electrons. The number of nitrogens with zero attached hydrogens (tertiary/aromatic N) is 1. The number of carbonyl (C=O) groups is 1. The first-order chi connectivity index (χ1) is 16.0. The Labute approximate surface area is 199 Å². The summed E-state index contributed by atoms with van der Waals surface area (Å²) < 4.78 is 39.3. The van der Waals surface area contributed by atoms with E-state index in [1.807, 2.05) is 18.2 Å². The summed E-state index contributed by atoms with van der Waals surface area (Å²) >= 11 is 3.47. The monoisotopic (exact) mass is 513 g/mol. The Kier molecular flexibility index (Phi) is 7.18. The molecule has 0 amide bonds. The summed E-state index contributed by atoms with van der Waals surface area (Å²) in [7, 11) is 0. The van der Waals surface area contributed by atoms with Gasteiger partial charge in [0, 0.05) is 34.1 Å². The Morgan fingerprint density at radius 3 is 2.67 bits per heavy atom. The quantitative estimate of drug-likeness (QED) is 0.320. The highest BCUT2D eigenvalue weighted by Crippen LogP contribution is 2.43. The van der Waals surface area contributed by atoms with Crippen LogP contribution in [0.25, 0.3) is 11.1 Å². The van der Waals surface area contributed by atoms with Gasteiger partial charge in [-0.1, -0.05) is 15.9 Å². The number of ether oxygens (including phenoxy) is 2. The fourth-order valence-corrected chi connectivity index (χ4v) is 4.29. The van der Waals surface area contributed by atoms with Gasteiger partial charge in [0.05, 0.1) is 12.2 Å². The van der Waals surface area contributed by atoms with Gasteiger partial charge in [0.25, 0.3) is 0 Å². The van der Waals surface area contributed by atoms with Crippen LogP contribution in [0.15, 0.2) is 59.3 Å². The molecule has 0 bridgehead atoms. The number of halogens is 3. The molecule has 0 saturated carbocycles. The lowest BCUT2D eigenvalue weighted by Crippen LogP contribution is -2.05. The van der Waals surface area contributed by atoms with E-state index in [9.17, 15) is 13.6 Å². The third kappa shape index (κ3) is 5.30. The third-order valence-corrected chi connectivity index (χ3v) is 5.98. The van der Waals surface area contributed by atoms with E-state index in [0.29, 0.717) is 17.9 Å². The van der Waals surface area contributed by atoms with Crippen LogP contribution in [-0.2, 0) is 11.3 Å². The Hall–Kier alpha value is -3.06. The smallest absolute Gasteiger partial charge is 0.339 e. The maximum Gasteiger partial charge on any atom is 0.339 e. The molecule has 3 aromatic rings. The normalized spacial score (nSPS) is 13.3. The zero-order valence-corrected chi connectivity index (χ0v) is 19.6. The van der Waals surface area contributed by atoms with Crippen LogP contribution in [0.3, 0.4) is 0 Å². The number of rotatable bonds is 7. The van der Waals surface area contributed by atoms with Crippen LogP contribution in [0.1, 0.15) is 53.2 Å². The topological polar surface area (TPSA) is 48.4 Å². The summed E-state index contributed by atoms with van der Waals surface area (Å²) in [5.74, 6) is -1.08. The molecule has 0 atom stereocenters. The SMILES string of the molecule is CCOC(=O)c1cncc(C2=C(c3ccc(Br)cc3OCc3ccc(F)cc3F)CCC2)c1. The summed E-state index contributed by atoms with van der Waals surface area (Å²) in [5, 5.41) is 0. The Morgan fingerprint density at radius 1 is 1.06 bits per heavy atom. The molecule has 1 aliphatic carbocycles. The van der Waals surface area contributed by atoms with Crippen molar-refractivity contribution in [2.45, 2.75) is 32.8 Å². The second-order valence-electron chi connectivity index (χ2n) is 7.66. The maximum absolute atomic E-state index is 14.1. The van der Waals surface area contributed by atoms with Gasteiger partial charge in [0.1, 0.15) is 24.0 Å². The largest absolute Gasteiger partial charge is 0.488 e. The van der Waals surface area contributed by atoms with E-state index in [2.05, 4.69) is 20.9 Å². The standard InChI is InChI=1S/C26H22BrF2NO3/c1-2-32-26(31)18-10-17(13-30-14-18)21-4-3-5-22(21)23-9-7-19(27)11-25(23)33-15-16-6-8-20(28)12-24(16)29/h6-14H,2-5,15H2,1H3. The van der Waals surface area contributed by atoms with Crippen LogP contribution >= 0.6 is 15.9 Å². The maximum atomic E-state index is 14.1. The van der Waals surface area contributed by atoms with E-state index in [4.69, 9.17) is 9.47 Å². The van der Waals surface area contributed by atoms with Crippen molar-refractivity contribution in [3.05, 3.63) is 93.2 Å². The molecule has 0 radical (unpaired) electrons. The van der Waals surface area contributed by atoms with Crippen LogP contribution in [0, 0.1) is 11.6 Å². The van der Waals surface area contributed by atoms with Gasteiger partial charge in [-0.25, -0.2) is 13.6 Å². The molecule has 0 fully saturated rings. The van der Waals surface area contributed by atoms with E-state index in [0.717, 1.165) is 52.1 Å². The molecule has 1 aliphatic rings. The van der Waals surface area contributed by atoms with Crippen molar-refractivity contribution >= 4 is 33.0 Å². The van der Waals surface area contributed by atoms with Crippen molar-refractivity contribution in [3.8, 4) is 5.75 Å². The van der Waals surface area contributed by atoms with Gasteiger partial charge < -0.3 is 9.47 Å². The molecule has 4 nitrogen and oxygen atoms in total. The first-order valence-corrected chi connectivity index (χ1v) is 11.5. The molecule has 4 rings (SSSR count). The molecule has 1 heterocycles. The van der Waals surface area contributed by atoms with Gasteiger partial charge in [0.15, 0.2) is 0 Å². The van der Waals surface area contributed by atoms with Crippen LogP contribution < -0.4 is 4.74 Å². The van der Waals surface area contributed by atoms with E-state index < -0.39 is 17.6 Å². The Balaban J connectivity index is 1.68. The van der Waals surface area contributed by atoms with Gasteiger partial charge in [-0.05, 0) is 79.3 Å². The van der Waals surface area contributed by atoms with Gasteiger partial charge in [-0.3, -0.25) is 4.98 Å². The minimum absolute atomic E-state index is 0.0297. The predicted molar refractivity (Wildman–Crippen MR) is 126 cm³/mol. The highest BCUT2D eigenvalue weighted by molar-refractivity contribution is 9.10. The summed E-state index contributed by atoms with van der Waals surface area (Å²) in [5.41, 5.74) is 4.64. The van der Waals surface area contributed by atoms with Crippen molar-refractivity contribution < 1.29 is 23.0 Å². The molecule has 1 aromatic heterocycles. The van der Waals surface area contributed by atoms with Crippen molar-refractivity contribution in [1.82, 2.24) is 4.98 Å². The lowest BCUT2D eigenvalue weighted by Gasteiger charge is -2.15. The van der Waals surface area contributed by atoms with E-state index >= 15 is 0 Å². The molecule has 0 saturated heterocycles. The molecule has 7 heteroatoms. The summed E-state index contributed by atoms with van der Waals surface area (Å²) in [6.07, 6.45) is 5.88. The highest BCUT2D eigenvalue weighted by Gasteiger charge is 2.22. The Bertz CT molecular complexity index is 1230. The number of pyridine rings is 1. The molecular formula is C26H22BrF2NO3. The van der Waals surface area contributed by atoms with Crippen LogP contribution in [-0.4, -0.2) is 17.6 Å². The molecular weight excluding hydrogens is 492 g/mol. The van der Waals surface area contributed by atoms with Crippen molar-refractivity contribution in [2.24, 2.45) is 0 Å². The fourth-order valence-electron chi connectivity index (χ4n) is 3.95. The number of allylic oxidation sites excluding steroid dienone is 2. The minimum Gasteiger partial charge on any atom is -0.488 e. The van der Waals surface area contributed by atoms with E-state index in [1.165, 1.54) is 18.3 Å². The average Bonchev–Trinajstić information content (AvgIpc) is 3.28. The molecule has 0 aliphatic heterocycles. The lowest BCUT2D eigenvalue weighted by atomic mass is 9.96. The number of aromatic nitrogens is 1. The first-order valence-electron chi connectivity index (χ1n) is 10.7. The predicted octanol–water partition coefficient (Wildman–Crippen LogP) is 6.97. The number of esters is 1. The Morgan fingerprint density at radius 2 is 1.88 bits per heavy atom. The van der Waals surface area contributed by atoms with Gasteiger partial charge in [-0.15, -0.1) is 0 Å². The number of benzene rings is 2. The molecule has 33 heavy (non-hydrogen) atoms. The first kappa shape index (κ1) is 23.1. The molecule has 0 unspecified atom stereocenters. The third-order valence-electron chi connectivity index (χ3n) is 5.48. The summed E-state index contributed by atoms with van der Waals surface area (Å²) in [6.45, 7) is 2.03. The zero-order valence-electron chi connectivity index (χ0n) is 18.0. The lowest BCUT2D eigenvalue weighted by molar-refractivity contribution is 0.0526. The average molecular weight is 514 g/mol. The number of hydrogen-bond donors (Lipinski definition) is 0. The van der Waals surface area contributed by atoms with Gasteiger partial charge in [-0.2, -0.15) is 0 Å². The van der Waals surface area contributed by atoms with Crippen LogP contribution in [0.5, 0.6) is 5.75 Å². The zero-order chi connectivity index (χ0) is 23.4. The summed E-state index contributed by atoms with van der Waals surface area (Å²) in [6, 6.07) is 11.0. The van der Waals surface area contributed by atoms with Crippen molar-refractivity contribution in [3.63, 3.8) is 0 Å². The van der Waals surface area contributed by atoms with Crippen LogP contribution in [0.2, 0.25) is 0 Å². The molecule has 0 N–H and O–H groups in total.